The fourth-order valence-corrected chi connectivity index (χ4v) is 2.40. The lowest BCUT2D eigenvalue weighted by Gasteiger charge is -1.94. The van der Waals surface area contributed by atoms with Crippen LogP contribution in [0.1, 0.15) is 18.4 Å². The zero-order chi connectivity index (χ0) is 11.4. The number of aryl methyl sites for hydroxylation is 1. The minimum absolute atomic E-state index is 0.651. The zero-order valence-corrected chi connectivity index (χ0v) is 10.3. The topological polar surface area (TPSA) is 51.0 Å². The average molecular weight is 237 g/mol. The molecule has 0 radical (unpaired) electrons. The van der Waals surface area contributed by atoms with Crippen molar-refractivity contribution in [2.45, 2.75) is 19.8 Å². The van der Waals surface area contributed by atoms with Crippen LogP contribution in [0.25, 0.3) is 10.8 Å². The molecule has 0 saturated heterocycles. The van der Waals surface area contributed by atoms with E-state index < -0.39 is 0 Å². The molecule has 0 aromatic carbocycles. The van der Waals surface area contributed by atoms with Gasteiger partial charge in [-0.3, -0.25) is 0 Å². The van der Waals surface area contributed by atoms with Crippen molar-refractivity contribution < 1.29 is 4.42 Å². The van der Waals surface area contributed by atoms with Gasteiger partial charge in [-0.25, -0.2) is 0 Å². The largest absolute Gasteiger partial charge is 0.420 e. The van der Waals surface area contributed by atoms with Gasteiger partial charge >= 0.3 is 0 Å². The monoisotopic (exact) mass is 237 g/mol. The maximum atomic E-state index is 5.62. The summed E-state index contributed by atoms with van der Waals surface area (Å²) in [5.41, 5.74) is 1.27. The molecule has 2 heterocycles. The second-order valence-electron chi connectivity index (χ2n) is 3.48. The highest BCUT2D eigenvalue weighted by atomic mass is 32.1. The minimum atomic E-state index is 0.651. The molecule has 2 aromatic heterocycles. The van der Waals surface area contributed by atoms with Crippen molar-refractivity contribution in [1.29, 1.82) is 0 Å². The SMILES string of the molecule is CCc1ccsc1-c1nnc(CCNC)o1. The summed E-state index contributed by atoms with van der Waals surface area (Å²) in [5.74, 6) is 1.35. The second kappa shape index (κ2) is 5.23. The van der Waals surface area contributed by atoms with E-state index in [0.29, 0.717) is 11.8 Å². The van der Waals surface area contributed by atoms with Crippen molar-refractivity contribution in [3.05, 3.63) is 22.9 Å². The van der Waals surface area contributed by atoms with E-state index in [1.165, 1.54) is 5.56 Å². The molecule has 2 aromatic rings. The van der Waals surface area contributed by atoms with E-state index in [0.717, 1.165) is 24.3 Å². The molecule has 5 heteroatoms. The summed E-state index contributed by atoms with van der Waals surface area (Å²) in [6, 6.07) is 2.11. The molecule has 0 atom stereocenters. The van der Waals surface area contributed by atoms with Gasteiger partial charge in [0.2, 0.25) is 5.89 Å². The van der Waals surface area contributed by atoms with E-state index in [4.69, 9.17) is 4.42 Å². The highest BCUT2D eigenvalue weighted by Gasteiger charge is 2.12. The fourth-order valence-electron chi connectivity index (χ4n) is 1.48. The normalized spacial score (nSPS) is 10.9. The van der Waals surface area contributed by atoms with Crippen molar-refractivity contribution in [3.63, 3.8) is 0 Å². The number of aromatic nitrogens is 2. The van der Waals surface area contributed by atoms with Gasteiger partial charge in [0.05, 0.1) is 4.88 Å². The molecule has 0 amide bonds. The molecule has 0 saturated carbocycles. The van der Waals surface area contributed by atoms with Crippen molar-refractivity contribution in [3.8, 4) is 10.8 Å². The first-order valence-electron chi connectivity index (χ1n) is 5.39. The quantitative estimate of drug-likeness (QED) is 0.865. The fraction of sp³-hybridized carbons (Fsp3) is 0.455. The third kappa shape index (κ3) is 2.31. The molecule has 2 rings (SSSR count). The van der Waals surface area contributed by atoms with Gasteiger partial charge in [0.15, 0.2) is 0 Å². The molecular weight excluding hydrogens is 222 g/mol. The third-order valence-corrected chi connectivity index (χ3v) is 3.32. The van der Waals surface area contributed by atoms with Crippen LogP contribution in [0.2, 0.25) is 0 Å². The van der Waals surface area contributed by atoms with Crippen LogP contribution in [0.15, 0.2) is 15.9 Å². The molecule has 16 heavy (non-hydrogen) atoms. The summed E-state index contributed by atoms with van der Waals surface area (Å²) in [6.45, 7) is 2.98. The molecule has 0 fully saturated rings. The lowest BCUT2D eigenvalue weighted by atomic mass is 10.2. The first kappa shape index (κ1) is 11.3. The highest BCUT2D eigenvalue weighted by Crippen LogP contribution is 2.28. The van der Waals surface area contributed by atoms with Gasteiger partial charge in [0, 0.05) is 13.0 Å². The van der Waals surface area contributed by atoms with Crippen molar-refractivity contribution >= 4 is 11.3 Å². The van der Waals surface area contributed by atoms with Crippen LogP contribution >= 0.6 is 11.3 Å². The molecule has 1 N–H and O–H groups in total. The van der Waals surface area contributed by atoms with Crippen molar-refractivity contribution in [2.75, 3.05) is 13.6 Å². The van der Waals surface area contributed by atoms with Crippen molar-refractivity contribution in [1.82, 2.24) is 15.5 Å². The Morgan fingerprint density at radius 3 is 3.06 bits per heavy atom. The Balaban J connectivity index is 2.18. The first-order chi connectivity index (χ1) is 7.85. The van der Waals surface area contributed by atoms with E-state index in [1.807, 2.05) is 7.05 Å². The summed E-state index contributed by atoms with van der Waals surface area (Å²) >= 11 is 1.65. The molecule has 0 aliphatic carbocycles. The third-order valence-electron chi connectivity index (χ3n) is 2.38. The Hall–Kier alpha value is -1.20. The van der Waals surface area contributed by atoms with Gasteiger partial charge in [0.25, 0.3) is 5.89 Å². The van der Waals surface area contributed by atoms with Gasteiger partial charge in [-0.05, 0) is 30.5 Å². The number of nitrogens with zero attached hydrogens (tertiary/aromatic N) is 2. The smallest absolute Gasteiger partial charge is 0.258 e. The Morgan fingerprint density at radius 2 is 2.31 bits per heavy atom. The Labute approximate surface area is 98.7 Å². The Kier molecular flexibility index (Phi) is 3.69. The van der Waals surface area contributed by atoms with E-state index in [9.17, 15) is 0 Å². The maximum absolute atomic E-state index is 5.62. The second-order valence-corrected chi connectivity index (χ2v) is 4.40. The molecule has 0 aliphatic heterocycles. The number of rotatable bonds is 5. The summed E-state index contributed by atoms with van der Waals surface area (Å²) in [6.07, 6.45) is 1.77. The lowest BCUT2D eigenvalue weighted by molar-refractivity contribution is 0.500. The summed E-state index contributed by atoms with van der Waals surface area (Å²) in [5, 5.41) is 13.2. The molecule has 86 valence electrons. The summed E-state index contributed by atoms with van der Waals surface area (Å²) in [7, 11) is 1.91. The Bertz CT molecular complexity index is 450. The van der Waals surface area contributed by atoms with Gasteiger partial charge in [0.1, 0.15) is 0 Å². The number of likely N-dealkylation sites (N-methyl/N-ethyl adjacent to an activating group) is 1. The molecule has 0 spiro atoms. The first-order valence-corrected chi connectivity index (χ1v) is 6.26. The van der Waals surface area contributed by atoms with Gasteiger partial charge in [-0.2, -0.15) is 0 Å². The van der Waals surface area contributed by atoms with E-state index in [-0.39, 0.29) is 0 Å². The van der Waals surface area contributed by atoms with Crippen LogP contribution in [-0.4, -0.2) is 23.8 Å². The van der Waals surface area contributed by atoms with Crippen LogP contribution in [0, 0.1) is 0 Å². The van der Waals surface area contributed by atoms with E-state index in [2.05, 4.69) is 33.9 Å². The van der Waals surface area contributed by atoms with Crippen LogP contribution in [0.4, 0.5) is 0 Å². The highest BCUT2D eigenvalue weighted by molar-refractivity contribution is 7.13. The number of hydrogen-bond donors (Lipinski definition) is 1. The molecule has 4 nitrogen and oxygen atoms in total. The minimum Gasteiger partial charge on any atom is -0.420 e. The van der Waals surface area contributed by atoms with Gasteiger partial charge in [-0.15, -0.1) is 21.5 Å². The number of nitrogens with one attached hydrogen (secondary N) is 1. The maximum Gasteiger partial charge on any atom is 0.258 e. The van der Waals surface area contributed by atoms with Crippen LogP contribution in [0.5, 0.6) is 0 Å². The van der Waals surface area contributed by atoms with Gasteiger partial charge in [-0.1, -0.05) is 6.92 Å². The molecular formula is C11H15N3OS. The van der Waals surface area contributed by atoms with Crippen molar-refractivity contribution in [2.24, 2.45) is 0 Å². The Morgan fingerprint density at radius 1 is 1.44 bits per heavy atom. The van der Waals surface area contributed by atoms with Gasteiger partial charge < -0.3 is 9.73 Å². The molecule has 0 unspecified atom stereocenters. The molecule has 0 bridgehead atoms. The van der Waals surface area contributed by atoms with E-state index >= 15 is 0 Å². The van der Waals surface area contributed by atoms with Crippen LogP contribution in [0.3, 0.4) is 0 Å². The van der Waals surface area contributed by atoms with Crippen LogP contribution in [-0.2, 0) is 12.8 Å². The molecule has 0 aliphatic rings. The zero-order valence-electron chi connectivity index (χ0n) is 9.49. The lowest BCUT2D eigenvalue weighted by Crippen LogP contribution is -2.10. The van der Waals surface area contributed by atoms with Crippen LogP contribution < -0.4 is 5.32 Å². The number of hydrogen-bond acceptors (Lipinski definition) is 5. The van der Waals surface area contributed by atoms with E-state index in [1.54, 1.807) is 11.3 Å². The average Bonchev–Trinajstić information content (AvgIpc) is 2.94. The summed E-state index contributed by atoms with van der Waals surface area (Å²) in [4.78, 5) is 1.10. The standard InChI is InChI=1S/C11H15N3OS/c1-3-8-5-7-16-10(8)11-14-13-9(15-11)4-6-12-2/h5,7,12H,3-4,6H2,1-2H3. The predicted molar refractivity (Wildman–Crippen MR) is 64.6 cm³/mol. The summed E-state index contributed by atoms with van der Waals surface area (Å²) < 4.78 is 5.62. The number of thiophene rings is 1. The predicted octanol–water partition coefficient (Wildman–Crippen LogP) is 2.12.